The smallest absolute Gasteiger partial charge is 0.323 e. The molecule has 0 spiro atoms. The van der Waals surface area contributed by atoms with E-state index in [1.165, 1.54) is 5.69 Å². The first-order chi connectivity index (χ1) is 13.5. The van der Waals surface area contributed by atoms with Crippen LogP contribution in [0.2, 0.25) is 0 Å². The molecule has 28 heavy (non-hydrogen) atoms. The minimum atomic E-state index is -1.21. The lowest BCUT2D eigenvalue weighted by Crippen LogP contribution is -2.46. The van der Waals surface area contributed by atoms with Gasteiger partial charge in [0.15, 0.2) is 5.41 Å². The van der Waals surface area contributed by atoms with Gasteiger partial charge in [0.1, 0.15) is 0 Å². The number of carbonyl (C=O) groups excluding carboxylic acids is 2. The van der Waals surface area contributed by atoms with Crippen molar-refractivity contribution in [1.29, 1.82) is 0 Å². The minimum Gasteiger partial charge on any atom is -0.465 e. The van der Waals surface area contributed by atoms with Crippen LogP contribution in [0.1, 0.15) is 40.0 Å². The molecule has 0 bridgehead atoms. The van der Waals surface area contributed by atoms with Gasteiger partial charge in [0.2, 0.25) is 0 Å². The van der Waals surface area contributed by atoms with Gasteiger partial charge < -0.3 is 14.4 Å². The van der Waals surface area contributed by atoms with E-state index in [-0.39, 0.29) is 13.2 Å². The quantitative estimate of drug-likeness (QED) is 0.348. The number of esters is 2. The van der Waals surface area contributed by atoms with Gasteiger partial charge in [-0.1, -0.05) is 24.6 Å². The summed E-state index contributed by atoms with van der Waals surface area (Å²) in [4.78, 5) is 29.5. The Bertz CT molecular complexity index is 594. The lowest BCUT2D eigenvalue weighted by atomic mass is 9.84. The Morgan fingerprint density at radius 2 is 1.50 bits per heavy atom. The molecule has 1 aliphatic rings. The number of hydrogen-bond acceptors (Lipinski definition) is 6. The summed E-state index contributed by atoms with van der Waals surface area (Å²) in [7, 11) is 0. The Morgan fingerprint density at radius 3 is 2.04 bits per heavy atom. The topological polar surface area (TPSA) is 59.1 Å². The van der Waals surface area contributed by atoms with E-state index in [0.29, 0.717) is 6.42 Å². The van der Waals surface area contributed by atoms with Gasteiger partial charge >= 0.3 is 11.9 Å². The minimum absolute atomic E-state index is 0.263. The number of benzene rings is 1. The summed E-state index contributed by atoms with van der Waals surface area (Å²) in [5.74, 6) is -0.963. The molecule has 1 aliphatic heterocycles. The number of unbranched alkanes of at least 4 members (excludes halogenated alkanes) is 1. The molecular weight excluding hydrogens is 356 g/mol. The van der Waals surface area contributed by atoms with Crippen LogP contribution in [-0.4, -0.2) is 62.8 Å². The maximum atomic E-state index is 12.3. The number of rotatable bonds is 10. The SMILES string of the molecule is CCOC(=O)C(C)(CCCCN1CCN(c2ccccc2)CC1)C(=O)OCC. The molecule has 0 radical (unpaired) electrons. The van der Waals surface area contributed by atoms with E-state index in [9.17, 15) is 9.59 Å². The van der Waals surface area contributed by atoms with E-state index in [0.717, 1.165) is 45.6 Å². The molecule has 0 amide bonds. The molecule has 1 fully saturated rings. The van der Waals surface area contributed by atoms with Gasteiger partial charge in [0.25, 0.3) is 0 Å². The standard InChI is InChI=1S/C22H34N2O4/c1-4-27-20(25)22(3,21(26)28-5-2)13-9-10-14-23-15-17-24(18-16-23)19-11-7-6-8-12-19/h6-8,11-12H,4-5,9-10,13-18H2,1-3H3. The number of anilines is 1. The van der Waals surface area contributed by atoms with E-state index >= 15 is 0 Å². The van der Waals surface area contributed by atoms with Crippen molar-refractivity contribution in [2.24, 2.45) is 5.41 Å². The van der Waals surface area contributed by atoms with Gasteiger partial charge in [0, 0.05) is 31.9 Å². The highest BCUT2D eigenvalue weighted by Gasteiger charge is 2.43. The zero-order valence-corrected chi connectivity index (χ0v) is 17.5. The third-order valence-corrected chi connectivity index (χ3v) is 5.35. The van der Waals surface area contributed by atoms with Crippen molar-refractivity contribution in [2.45, 2.75) is 40.0 Å². The second-order valence-electron chi connectivity index (χ2n) is 7.39. The highest BCUT2D eigenvalue weighted by atomic mass is 16.6. The zero-order valence-electron chi connectivity index (χ0n) is 17.5. The van der Waals surface area contributed by atoms with Gasteiger partial charge in [-0.25, -0.2) is 0 Å². The van der Waals surface area contributed by atoms with E-state index in [1.54, 1.807) is 20.8 Å². The van der Waals surface area contributed by atoms with Crippen molar-refractivity contribution in [3.8, 4) is 0 Å². The third-order valence-electron chi connectivity index (χ3n) is 5.35. The Kier molecular flexibility index (Phi) is 8.77. The first kappa shape index (κ1) is 22.2. The monoisotopic (exact) mass is 390 g/mol. The summed E-state index contributed by atoms with van der Waals surface area (Å²) >= 11 is 0. The first-order valence-corrected chi connectivity index (χ1v) is 10.4. The van der Waals surface area contributed by atoms with Gasteiger partial charge in [-0.2, -0.15) is 0 Å². The second kappa shape index (κ2) is 11.1. The summed E-state index contributed by atoms with van der Waals surface area (Å²) in [6.45, 7) is 10.7. The molecule has 156 valence electrons. The van der Waals surface area contributed by atoms with E-state index < -0.39 is 17.4 Å². The van der Waals surface area contributed by atoms with Gasteiger partial charge in [-0.15, -0.1) is 0 Å². The molecule has 1 aromatic carbocycles. The second-order valence-corrected chi connectivity index (χ2v) is 7.39. The van der Waals surface area contributed by atoms with Crippen LogP contribution in [0.5, 0.6) is 0 Å². The molecule has 6 nitrogen and oxygen atoms in total. The Hall–Kier alpha value is -2.08. The maximum absolute atomic E-state index is 12.3. The molecule has 0 saturated carbocycles. The van der Waals surface area contributed by atoms with Crippen LogP contribution in [0, 0.1) is 5.41 Å². The average Bonchev–Trinajstić information content (AvgIpc) is 2.72. The number of para-hydroxylation sites is 1. The molecule has 1 aromatic rings. The van der Waals surface area contributed by atoms with Crippen molar-refractivity contribution in [2.75, 3.05) is 50.8 Å². The van der Waals surface area contributed by atoms with E-state index in [4.69, 9.17) is 9.47 Å². The van der Waals surface area contributed by atoms with Crippen molar-refractivity contribution in [3.63, 3.8) is 0 Å². The Labute approximate surface area is 168 Å². The summed E-state index contributed by atoms with van der Waals surface area (Å²) in [6.07, 6.45) is 2.18. The highest BCUT2D eigenvalue weighted by Crippen LogP contribution is 2.28. The average molecular weight is 391 g/mol. The van der Waals surface area contributed by atoms with Crippen LogP contribution in [0.3, 0.4) is 0 Å². The Morgan fingerprint density at radius 1 is 0.929 bits per heavy atom. The molecule has 0 atom stereocenters. The van der Waals surface area contributed by atoms with Crippen LogP contribution in [-0.2, 0) is 19.1 Å². The number of nitrogens with zero attached hydrogens (tertiary/aromatic N) is 2. The number of ether oxygens (including phenoxy) is 2. The normalized spacial score (nSPS) is 15.3. The van der Waals surface area contributed by atoms with Gasteiger partial charge in [-0.3, -0.25) is 14.5 Å². The first-order valence-electron chi connectivity index (χ1n) is 10.4. The van der Waals surface area contributed by atoms with Gasteiger partial charge in [-0.05, 0) is 52.3 Å². The van der Waals surface area contributed by atoms with Crippen molar-refractivity contribution >= 4 is 17.6 Å². The number of hydrogen-bond donors (Lipinski definition) is 0. The molecule has 0 unspecified atom stereocenters. The van der Waals surface area contributed by atoms with Crippen LogP contribution in [0.4, 0.5) is 5.69 Å². The van der Waals surface area contributed by atoms with Crippen LogP contribution in [0.15, 0.2) is 30.3 Å². The largest absolute Gasteiger partial charge is 0.465 e. The van der Waals surface area contributed by atoms with Crippen LogP contribution < -0.4 is 4.90 Å². The fourth-order valence-electron chi connectivity index (χ4n) is 3.55. The lowest BCUT2D eigenvalue weighted by molar-refractivity contribution is -0.171. The fourth-order valence-corrected chi connectivity index (χ4v) is 3.55. The maximum Gasteiger partial charge on any atom is 0.323 e. The number of carbonyl (C=O) groups is 2. The van der Waals surface area contributed by atoms with E-state index in [1.807, 2.05) is 6.07 Å². The van der Waals surface area contributed by atoms with Crippen molar-refractivity contribution < 1.29 is 19.1 Å². The predicted octanol–water partition coefficient (Wildman–Crippen LogP) is 3.11. The van der Waals surface area contributed by atoms with Crippen molar-refractivity contribution in [1.82, 2.24) is 4.90 Å². The molecular formula is C22H34N2O4. The molecule has 1 saturated heterocycles. The molecule has 6 heteroatoms. The fraction of sp³-hybridized carbons (Fsp3) is 0.636. The zero-order chi connectivity index (χ0) is 20.4. The summed E-state index contributed by atoms with van der Waals surface area (Å²) < 4.78 is 10.2. The molecule has 1 heterocycles. The third kappa shape index (κ3) is 5.96. The lowest BCUT2D eigenvalue weighted by Gasteiger charge is -2.36. The Balaban J connectivity index is 1.76. The molecule has 0 N–H and O–H groups in total. The molecule has 2 rings (SSSR count). The van der Waals surface area contributed by atoms with E-state index in [2.05, 4.69) is 34.1 Å². The van der Waals surface area contributed by atoms with Gasteiger partial charge in [0.05, 0.1) is 13.2 Å². The summed E-state index contributed by atoms with van der Waals surface area (Å²) in [6, 6.07) is 10.5. The van der Waals surface area contributed by atoms with Crippen LogP contribution >= 0.6 is 0 Å². The number of piperazine rings is 1. The predicted molar refractivity (Wildman–Crippen MR) is 110 cm³/mol. The van der Waals surface area contributed by atoms with Crippen LogP contribution in [0.25, 0.3) is 0 Å². The molecule has 0 aliphatic carbocycles. The van der Waals surface area contributed by atoms with Crippen molar-refractivity contribution in [3.05, 3.63) is 30.3 Å². The highest BCUT2D eigenvalue weighted by molar-refractivity contribution is 5.99. The molecule has 0 aromatic heterocycles. The summed E-state index contributed by atoms with van der Waals surface area (Å²) in [5.41, 5.74) is 0.0691. The summed E-state index contributed by atoms with van der Waals surface area (Å²) in [5, 5.41) is 0.